The lowest BCUT2D eigenvalue weighted by molar-refractivity contribution is 0.101. The van der Waals surface area contributed by atoms with Crippen LogP contribution >= 0.6 is 0 Å². The first-order valence-electron chi connectivity index (χ1n) is 7.87. The molecule has 1 aliphatic heterocycles. The van der Waals surface area contributed by atoms with Gasteiger partial charge in [-0.05, 0) is 56.5 Å². The van der Waals surface area contributed by atoms with Crippen LogP contribution in [0.5, 0.6) is 5.75 Å². The smallest absolute Gasteiger partial charge is 0.159 e. The van der Waals surface area contributed by atoms with Gasteiger partial charge in [0.1, 0.15) is 5.75 Å². The topological polar surface area (TPSA) is 29.5 Å². The van der Waals surface area contributed by atoms with E-state index < -0.39 is 0 Å². The summed E-state index contributed by atoms with van der Waals surface area (Å²) < 4.78 is 5.45. The second-order valence-corrected chi connectivity index (χ2v) is 6.52. The number of hydrogen-bond acceptors (Lipinski definition) is 3. The lowest BCUT2D eigenvalue weighted by Crippen LogP contribution is -2.38. The number of nitrogens with zero attached hydrogens (tertiary/aromatic N) is 1. The summed E-state index contributed by atoms with van der Waals surface area (Å²) in [5.41, 5.74) is 2.38. The summed E-state index contributed by atoms with van der Waals surface area (Å²) in [6.45, 7) is 9.40. The largest absolute Gasteiger partial charge is 0.496 e. The van der Waals surface area contributed by atoms with E-state index in [2.05, 4.69) is 18.7 Å². The van der Waals surface area contributed by atoms with Gasteiger partial charge in [-0.15, -0.1) is 0 Å². The maximum Gasteiger partial charge on any atom is 0.159 e. The molecule has 0 aliphatic carbocycles. The molecule has 0 spiro atoms. The number of methoxy groups -OCH3 is 1. The van der Waals surface area contributed by atoms with Crippen molar-refractivity contribution >= 4 is 5.78 Å². The van der Waals surface area contributed by atoms with Crippen LogP contribution in [-0.2, 0) is 6.54 Å². The number of ether oxygens (including phenoxy) is 1. The van der Waals surface area contributed by atoms with Gasteiger partial charge in [0, 0.05) is 17.7 Å². The molecule has 3 nitrogen and oxygen atoms in total. The first kappa shape index (κ1) is 16.0. The molecule has 0 aromatic heterocycles. The number of piperidine rings is 1. The highest BCUT2D eigenvalue weighted by Crippen LogP contribution is 2.35. The number of carbonyl (C=O) groups excluding carboxylic acids is 1. The minimum Gasteiger partial charge on any atom is -0.496 e. The second-order valence-electron chi connectivity index (χ2n) is 6.52. The van der Waals surface area contributed by atoms with Crippen molar-refractivity contribution in [1.29, 1.82) is 0 Å². The molecule has 0 bridgehead atoms. The van der Waals surface area contributed by atoms with Crippen LogP contribution in [0, 0.1) is 5.41 Å². The molecule has 0 amide bonds. The Morgan fingerprint density at radius 1 is 1.33 bits per heavy atom. The van der Waals surface area contributed by atoms with Gasteiger partial charge in [-0.2, -0.15) is 0 Å². The standard InChI is InChI=1S/C18H27NO2/c1-5-18(3)8-10-19(11-9-18)13-16-12-15(14(2)20)6-7-17(16)21-4/h6-7,12H,5,8-11,13H2,1-4H3. The Balaban J connectivity index is 2.09. The number of carbonyl (C=O) groups is 1. The molecule has 1 aromatic carbocycles. The van der Waals surface area contributed by atoms with Gasteiger partial charge in [-0.1, -0.05) is 20.3 Å². The van der Waals surface area contributed by atoms with E-state index in [1.54, 1.807) is 14.0 Å². The van der Waals surface area contributed by atoms with Gasteiger partial charge in [0.25, 0.3) is 0 Å². The second kappa shape index (κ2) is 6.61. The summed E-state index contributed by atoms with van der Waals surface area (Å²) in [5.74, 6) is 0.986. The molecule has 1 heterocycles. The fourth-order valence-electron chi connectivity index (χ4n) is 2.97. The van der Waals surface area contributed by atoms with Crippen LogP contribution in [0.25, 0.3) is 0 Å². The van der Waals surface area contributed by atoms with Crippen LogP contribution in [-0.4, -0.2) is 30.9 Å². The third kappa shape index (κ3) is 3.85. The van der Waals surface area contributed by atoms with Crippen LogP contribution in [0.3, 0.4) is 0 Å². The molecule has 1 saturated heterocycles. The molecule has 2 rings (SSSR count). The lowest BCUT2D eigenvalue weighted by atomic mass is 9.78. The zero-order valence-electron chi connectivity index (χ0n) is 13.7. The van der Waals surface area contributed by atoms with Crippen LogP contribution in [0.1, 0.15) is 56.0 Å². The van der Waals surface area contributed by atoms with Crippen LogP contribution < -0.4 is 4.74 Å². The molecule has 0 atom stereocenters. The van der Waals surface area contributed by atoms with Gasteiger partial charge < -0.3 is 4.74 Å². The number of rotatable bonds is 5. The Morgan fingerprint density at radius 2 is 2.00 bits per heavy atom. The molecule has 1 aliphatic rings. The zero-order chi connectivity index (χ0) is 15.5. The van der Waals surface area contributed by atoms with Gasteiger partial charge in [-0.25, -0.2) is 0 Å². The van der Waals surface area contributed by atoms with E-state index in [9.17, 15) is 4.79 Å². The molecule has 0 unspecified atom stereocenters. The summed E-state index contributed by atoms with van der Waals surface area (Å²) in [4.78, 5) is 14.0. The molecule has 21 heavy (non-hydrogen) atoms. The Labute approximate surface area is 128 Å². The molecule has 0 saturated carbocycles. The highest BCUT2D eigenvalue weighted by molar-refractivity contribution is 5.94. The number of benzene rings is 1. The van der Waals surface area contributed by atoms with Crippen molar-refractivity contribution in [3.63, 3.8) is 0 Å². The molecular formula is C18H27NO2. The quantitative estimate of drug-likeness (QED) is 0.770. The maximum atomic E-state index is 11.6. The normalized spacial score (nSPS) is 18.5. The van der Waals surface area contributed by atoms with Gasteiger partial charge in [0.15, 0.2) is 5.78 Å². The predicted octanol–water partition coefficient (Wildman–Crippen LogP) is 3.91. The summed E-state index contributed by atoms with van der Waals surface area (Å²) in [6, 6.07) is 5.73. The molecule has 0 radical (unpaired) electrons. The van der Waals surface area contributed by atoms with Crippen molar-refractivity contribution in [2.75, 3.05) is 20.2 Å². The van der Waals surface area contributed by atoms with Crippen LogP contribution in [0.4, 0.5) is 0 Å². The highest BCUT2D eigenvalue weighted by atomic mass is 16.5. The monoisotopic (exact) mass is 289 g/mol. The minimum absolute atomic E-state index is 0.108. The first-order valence-corrected chi connectivity index (χ1v) is 7.87. The zero-order valence-corrected chi connectivity index (χ0v) is 13.7. The van der Waals surface area contributed by atoms with Crippen LogP contribution in [0.15, 0.2) is 18.2 Å². The molecular weight excluding hydrogens is 262 g/mol. The van der Waals surface area contributed by atoms with E-state index in [0.29, 0.717) is 5.41 Å². The predicted molar refractivity (Wildman–Crippen MR) is 85.9 cm³/mol. The van der Waals surface area contributed by atoms with Crippen molar-refractivity contribution in [3.8, 4) is 5.75 Å². The van der Waals surface area contributed by atoms with E-state index in [1.807, 2.05) is 18.2 Å². The van der Waals surface area contributed by atoms with E-state index in [1.165, 1.54) is 19.3 Å². The number of Topliss-reactive ketones (excluding diaryl/α,β-unsaturated/α-hetero) is 1. The Morgan fingerprint density at radius 3 is 2.52 bits per heavy atom. The van der Waals surface area contributed by atoms with Gasteiger partial charge >= 0.3 is 0 Å². The number of hydrogen-bond donors (Lipinski definition) is 0. The first-order chi connectivity index (χ1) is 9.97. The highest BCUT2D eigenvalue weighted by Gasteiger charge is 2.28. The minimum atomic E-state index is 0.108. The molecule has 116 valence electrons. The van der Waals surface area contributed by atoms with E-state index in [-0.39, 0.29) is 5.78 Å². The summed E-state index contributed by atoms with van der Waals surface area (Å²) in [7, 11) is 1.69. The SMILES string of the molecule is CCC1(C)CCN(Cc2cc(C(C)=O)ccc2OC)CC1. The summed E-state index contributed by atoms with van der Waals surface area (Å²) >= 11 is 0. The summed E-state index contributed by atoms with van der Waals surface area (Å²) in [5, 5.41) is 0. The lowest BCUT2D eigenvalue weighted by Gasteiger charge is -2.39. The fraction of sp³-hybridized carbons (Fsp3) is 0.611. The Kier molecular flexibility index (Phi) is 5.04. The summed E-state index contributed by atoms with van der Waals surface area (Å²) in [6.07, 6.45) is 3.75. The van der Waals surface area contributed by atoms with Crippen molar-refractivity contribution in [2.24, 2.45) is 5.41 Å². The molecule has 1 fully saturated rings. The van der Waals surface area contributed by atoms with E-state index in [4.69, 9.17) is 4.74 Å². The number of ketones is 1. The average molecular weight is 289 g/mol. The third-order valence-corrected chi connectivity index (χ3v) is 5.00. The van der Waals surface area contributed by atoms with Gasteiger partial charge in [0.05, 0.1) is 7.11 Å². The van der Waals surface area contributed by atoms with Crippen molar-refractivity contribution in [3.05, 3.63) is 29.3 Å². The molecule has 0 N–H and O–H groups in total. The van der Waals surface area contributed by atoms with Crippen molar-refractivity contribution in [2.45, 2.75) is 46.6 Å². The van der Waals surface area contributed by atoms with Crippen molar-refractivity contribution < 1.29 is 9.53 Å². The number of likely N-dealkylation sites (tertiary alicyclic amines) is 1. The van der Waals surface area contributed by atoms with Crippen molar-refractivity contribution in [1.82, 2.24) is 4.90 Å². The van der Waals surface area contributed by atoms with Crippen LogP contribution in [0.2, 0.25) is 0 Å². The average Bonchev–Trinajstić information content (AvgIpc) is 2.49. The fourth-order valence-corrected chi connectivity index (χ4v) is 2.97. The molecule has 1 aromatic rings. The maximum absolute atomic E-state index is 11.6. The van der Waals surface area contributed by atoms with Gasteiger partial charge in [-0.3, -0.25) is 9.69 Å². The van der Waals surface area contributed by atoms with Gasteiger partial charge in [0.2, 0.25) is 0 Å². The third-order valence-electron chi connectivity index (χ3n) is 5.00. The van der Waals surface area contributed by atoms with E-state index in [0.717, 1.165) is 36.5 Å². The Hall–Kier alpha value is -1.35. The van der Waals surface area contributed by atoms with E-state index >= 15 is 0 Å². The Bertz CT molecular complexity index is 502. The molecule has 3 heteroatoms.